The van der Waals surface area contributed by atoms with Gasteiger partial charge in [0.2, 0.25) is 0 Å². The lowest BCUT2D eigenvalue weighted by Crippen LogP contribution is -2.34. The van der Waals surface area contributed by atoms with E-state index in [0.29, 0.717) is 16.9 Å². The van der Waals surface area contributed by atoms with Crippen LogP contribution in [-0.4, -0.2) is 25.6 Å². The molecular weight excluding hydrogens is 339 g/mol. The number of nitrogens with zero attached hydrogens (tertiary/aromatic N) is 1. The second-order valence-corrected chi connectivity index (χ2v) is 5.38. The first-order chi connectivity index (χ1) is 12.5. The molecule has 0 aliphatic heterocycles. The Hall–Kier alpha value is -3.40. The molecular formula is C19H17FN2O4. The van der Waals surface area contributed by atoms with E-state index in [1.54, 1.807) is 24.3 Å². The molecule has 0 aliphatic rings. The highest BCUT2D eigenvalue weighted by atomic mass is 19.1. The van der Waals surface area contributed by atoms with Gasteiger partial charge >= 0.3 is 5.97 Å². The molecule has 0 saturated heterocycles. The SMILES string of the molecule is COC(=O)CC(NC(=O)COc1ccc(C#N)cc1)c1ccc(F)cc1. The fraction of sp³-hybridized carbons (Fsp3) is 0.211. The second kappa shape index (κ2) is 9.18. The van der Waals surface area contributed by atoms with Gasteiger partial charge in [0.1, 0.15) is 11.6 Å². The van der Waals surface area contributed by atoms with Gasteiger partial charge < -0.3 is 14.8 Å². The van der Waals surface area contributed by atoms with Crippen LogP contribution in [0, 0.1) is 17.1 Å². The van der Waals surface area contributed by atoms with Crippen molar-refractivity contribution in [1.29, 1.82) is 5.26 Å². The number of halogens is 1. The maximum absolute atomic E-state index is 13.1. The lowest BCUT2D eigenvalue weighted by molar-refractivity contribution is -0.141. The predicted molar refractivity (Wildman–Crippen MR) is 90.6 cm³/mol. The number of hydrogen-bond acceptors (Lipinski definition) is 5. The van der Waals surface area contributed by atoms with E-state index in [2.05, 4.69) is 10.1 Å². The first kappa shape index (κ1) is 18.9. The van der Waals surface area contributed by atoms with Gasteiger partial charge in [-0.25, -0.2) is 4.39 Å². The molecule has 2 rings (SSSR count). The standard InChI is InChI=1S/C19H17FN2O4/c1-25-19(24)10-17(14-4-6-15(20)7-5-14)22-18(23)12-26-16-8-2-13(11-21)3-9-16/h2-9,17H,10,12H2,1H3,(H,22,23). The van der Waals surface area contributed by atoms with E-state index in [4.69, 9.17) is 10.00 Å². The minimum atomic E-state index is -0.667. The highest BCUT2D eigenvalue weighted by Crippen LogP contribution is 2.18. The van der Waals surface area contributed by atoms with Crippen molar-refractivity contribution in [2.45, 2.75) is 12.5 Å². The Bertz CT molecular complexity index is 798. The molecule has 0 fully saturated rings. The van der Waals surface area contributed by atoms with Gasteiger partial charge in [-0.2, -0.15) is 5.26 Å². The quantitative estimate of drug-likeness (QED) is 0.770. The number of benzene rings is 2. The largest absolute Gasteiger partial charge is 0.484 e. The van der Waals surface area contributed by atoms with Gasteiger partial charge in [-0.1, -0.05) is 12.1 Å². The Morgan fingerprint density at radius 1 is 1.15 bits per heavy atom. The molecule has 0 radical (unpaired) electrons. The molecule has 0 aromatic heterocycles. The third-order valence-electron chi connectivity index (χ3n) is 3.56. The Morgan fingerprint density at radius 2 is 1.81 bits per heavy atom. The predicted octanol–water partition coefficient (Wildman–Crippen LogP) is 2.50. The van der Waals surface area contributed by atoms with E-state index in [1.807, 2.05) is 6.07 Å². The molecule has 1 N–H and O–H groups in total. The summed E-state index contributed by atoms with van der Waals surface area (Å²) in [6, 6.07) is 13.1. The lowest BCUT2D eigenvalue weighted by Gasteiger charge is -2.18. The van der Waals surface area contributed by atoms with Gasteiger partial charge in [-0.05, 0) is 42.0 Å². The van der Waals surface area contributed by atoms with Crippen LogP contribution in [0.2, 0.25) is 0 Å². The third-order valence-corrected chi connectivity index (χ3v) is 3.56. The molecule has 6 nitrogen and oxygen atoms in total. The number of methoxy groups -OCH3 is 1. The number of hydrogen-bond donors (Lipinski definition) is 1. The molecule has 2 aromatic carbocycles. The van der Waals surface area contributed by atoms with Crippen molar-refractivity contribution < 1.29 is 23.5 Å². The Labute approximate surface area is 150 Å². The zero-order chi connectivity index (χ0) is 18.9. The molecule has 0 aliphatic carbocycles. The third kappa shape index (κ3) is 5.60. The molecule has 0 bridgehead atoms. The second-order valence-electron chi connectivity index (χ2n) is 5.38. The zero-order valence-corrected chi connectivity index (χ0v) is 14.1. The minimum absolute atomic E-state index is 0.0925. The normalized spacial score (nSPS) is 11.1. The molecule has 1 atom stereocenters. The van der Waals surface area contributed by atoms with Gasteiger partial charge in [-0.15, -0.1) is 0 Å². The Balaban J connectivity index is 1.99. The molecule has 0 spiro atoms. The van der Waals surface area contributed by atoms with Crippen molar-refractivity contribution in [3.8, 4) is 11.8 Å². The molecule has 134 valence electrons. The fourth-order valence-corrected chi connectivity index (χ4v) is 2.21. The smallest absolute Gasteiger partial charge is 0.307 e. The van der Waals surface area contributed by atoms with E-state index in [9.17, 15) is 14.0 Å². The van der Waals surface area contributed by atoms with Crippen molar-refractivity contribution >= 4 is 11.9 Å². The number of amides is 1. The summed E-state index contributed by atoms with van der Waals surface area (Å²) in [6.07, 6.45) is -0.0925. The summed E-state index contributed by atoms with van der Waals surface area (Å²) in [4.78, 5) is 23.7. The number of esters is 1. The summed E-state index contributed by atoms with van der Waals surface area (Å²) in [5, 5.41) is 11.4. The number of rotatable bonds is 7. The minimum Gasteiger partial charge on any atom is -0.484 e. The maximum Gasteiger partial charge on any atom is 0.307 e. The van der Waals surface area contributed by atoms with E-state index in [1.165, 1.54) is 31.4 Å². The molecule has 26 heavy (non-hydrogen) atoms. The van der Waals surface area contributed by atoms with Gasteiger partial charge in [0.15, 0.2) is 6.61 Å². The van der Waals surface area contributed by atoms with E-state index >= 15 is 0 Å². The molecule has 0 heterocycles. The number of nitrogens with one attached hydrogen (secondary N) is 1. The van der Waals surface area contributed by atoms with Crippen molar-refractivity contribution in [3.05, 3.63) is 65.5 Å². The number of nitriles is 1. The van der Waals surface area contributed by atoms with E-state index < -0.39 is 23.7 Å². The van der Waals surface area contributed by atoms with E-state index in [0.717, 1.165) is 0 Å². The highest BCUT2D eigenvalue weighted by Gasteiger charge is 2.19. The summed E-state index contributed by atoms with van der Waals surface area (Å²) >= 11 is 0. The van der Waals surface area contributed by atoms with Crippen LogP contribution >= 0.6 is 0 Å². The van der Waals surface area contributed by atoms with Gasteiger partial charge in [0.05, 0.1) is 31.2 Å². The van der Waals surface area contributed by atoms with Gasteiger partial charge in [0, 0.05) is 0 Å². The van der Waals surface area contributed by atoms with Crippen LogP contribution in [0.1, 0.15) is 23.6 Å². The van der Waals surface area contributed by atoms with Crippen LogP contribution in [0.15, 0.2) is 48.5 Å². The molecule has 0 saturated carbocycles. The van der Waals surface area contributed by atoms with Gasteiger partial charge in [-0.3, -0.25) is 9.59 Å². The van der Waals surface area contributed by atoms with Crippen LogP contribution < -0.4 is 10.1 Å². The topological polar surface area (TPSA) is 88.4 Å². The fourth-order valence-electron chi connectivity index (χ4n) is 2.21. The van der Waals surface area contributed by atoms with Crippen LogP contribution in [0.4, 0.5) is 4.39 Å². The summed E-state index contributed by atoms with van der Waals surface area (Å²) < 4.78 is 23.1. The Kier molecular flexibility index (Phi) is 6.68. The van der Waals surface area contributed by atoms with E-state index in [-0.39, 0.29) is 13.0 Å². The molecule has 1 unspecified atom stereocenters. The lowest BCUT2D eigenvalue weighted by atomic mass is 10.0. The van der Waals surface area contributed by atoms with Crippen molar-refractivity contribution in [1.82, 2.24) is 5.32 Å². The van der Waals surface area contributed by atoms with Crippen LogP contribution in [0.3, 0.4) is 0 Å². The van der Waals surface area contributed by atoms with Crippen LogP contribution in [-0.2, 0) is 14.3 Å². The zero-order valence-electron chi connectivity index (χ0n) is 14.1. The summed E-state index contributed by atoms with van der Waals surface area (Å²) in [5.74, 6) is -0.938. The first-order valence-corrected chi connectivity index (χ1v) is 7.76. The van der Waals surface area contributed by atoms with Crippen molar-refractivity contribution in [2.75, 3.05) is 13.7 Å². The maximum atomic E-state index is 13.1. The summed E-state index contributed by atoms with van der Waals surface area (Å²) in [6.45, 7) is -0.273. The Morgan fingerprint density at radius 3 is 2.38 bits per heavy atom. The average molecular weight is 356 g/mol. The van der Waals surface area contributed by atoms with Crippen LogP contribution in [0.25, 0.3) is 0 Å². The van der Waals surface area contributed by atoms with Crippen molar-refractivity contribution in [3.63, 3.8) is 0 Å². The molecule has 2 aromatic rings. The van der Waals surface area contributed by atoms with Gasteiger partial charge in [0.25, 0.3) is 5.91 Å². The summed E-state index contributed by atoms with van der Waals surface area (Å²) in [7, 11) is 1.25. The van der Waals surface area contributed by atoms with Crippen molar-refractivity contribution in [2.24, 2.45) is 0 Å². The molecule has 1 amide bonds. The number of ether oxygens (including phenoxy) is 2. The molecule has 7 heteroatoms. The monoisotopic (exact) mass is 356 g/mol. The average Bonchev–Trinajstić information content (AvgIpc) is 2.66. The van der Waals surface area contributed by atoms with Crippen LogP contribution in [0.5, 0.6) is 5.75 Å². The number of carbonyl (C=O) groups excluding carboxylic acids is 2. The number of carbonyl (C=O) groups is 2. The first-order valence-electron chi connectivity index (χ1n) is 7.76. The highest BCUT2D eigenvalue weighted by molar-refractivity contribution is 5.79. The summed E-state index contributed by atoms with van der Waals surface area (Å²) in [5.41, 5.74) is 1.06.